The Hall–Kier alpha value is -2.20. The number of halogens is 3. The van der Waals surface area contributed by atoms with Crippen LogP contribution in [-0.4, -0.2) is 6.79 Å². The van der Waals surface area contributed by atoms with E-state index in [0.29, 0.717) is 28.5 Å². The number of hydrogen-bond donors (Lipinski definition) is 0. The number of fused-ring (bicyclic) bond motifs is 3. The topological polar surface area (TPSA) is 35.5 Å². The van der Waals surface area contributed by atoms with Crippen molar-refractivity contribution in [2.75, 3.05) is 6.79 Å². The largest absolute Gasteiger partial charge is 0.454 e. The Morgan fingerprint density at radius 3 is 2.26 bits per heavy atom. The molecule has 0 bridgehead atoms. The summed E-state index contributed by atoms with van der Waals surface area (Å²) in [5, 5.41) is 1.88. The van der Waals surface area contributed by atoms with Gasteiger partial charge in [0.05, 0.1) is 10.9 Å². The van der Waals surface area contributed by atoms with E-state index < -0.39 is 18.9 Å². The molecule has 0 spiro atoms. The van der Waals surface area contributed by atoms with Gasteiger partial charge in [0.25, 0.3) is 0 Å². The zero-order chi connectivity index (χ0) is 22.2. The summed E-state index contributed by atoms with van der Waals surface area (Å²) in [4.78, 5) is 0. The average Bonchev–Trinajstić information content (AvgIpc) is 3.31. The number of hydrogen-bond acceptors (Lipinski definition) is 3. The van der Waals surface area contributed by atoms with E-state index in [9.17, 15) is 17.7 Å². The molecule has 2 heterocycles. The van der Waals surface area contributed by atoms with Gasteiger partial charge in [-0.3, -0.25) is 0 Å². The van der Waals surface area contributed by atoms with Crippen LogP contribution in [0, 0.1) is 0 Å². The molecule has 7 heteroatoms. The van der Waals surface area contributed by atoms with Crippen LogP contribution in [0.4, 0.5) is 13.2 Å². The maximum atomic E-state index is 14.9. The zero-order valence-corrected chi connectivity index (χ0v) is 18.6. The van der Waals surface area contributed by atoms with Gasteiger partial charge in [0.1, 0.15) is 0 Å². The second-order valence-electron chi connectivity index (χ2n) is 7.98. The highest BCUT2D eigenvalue weighted by molar-refractivity contribution is 7.83. The van der Waals surface area contributed by atoms with Gasteiger partial charge in [-0.1, -0.05) is 38.8 Å². The molecule has 0 radical (unpaired) electrons. The Morgan fingerprint density at radius 1 is 0.935 bits per heavy atom. The molecule has 2 aliphatic heterocycles. The van der Waals surface area contributed by atoms with Crippen LogP contribution in [0.3, 0.4) is 0 Å². The molecule has 0 amide bonds. The van der Waals surface area contributed by atoms with Crippen molar-refractivity contribution in [2.24, 2.45) is 0 Å². The van der Waals surface area contributed by atoms with Gasteiger partial charge in [-0.15, -0.1) is 0 Å². The fraction of sp³-hybridized carbons (Fsp3) is 0.417. The summed E-state index contributed by atoms with van der Waals surface area (Å²) in [6.45, 7) is 4.23. The van der Waals surface area contributed by atoms with Crippen LogP contribution < -0.4 is 20.1 Å². The zero-order valence-electron chi connectivity index (χ0n) is 17.7. The first kappa shape index (κ1) is 22.0. The number of benzene rings is 2. The van der Waals surface area contributed by atoms with Crippen molar-refractivity contribution in [3.8, 4) is 11.5 Å². The number of rotatable bonds is 7. The lowest BCUT2D eigenvalue weighted by Crippen LogP contribution is -2.18. The van der Waals surface area contributed by atoms with E-state index >= 15 is 0 Å². The highest BCUT2D eigenvalue weighted by Gasteiger charge is 2.46. The first-order valence-corrected chi connectivity index (χ1v) is 12.5. The Balaban J connectivity index is 1.94. The van der Waals surface area contributed by atoms with Crippen LogP contribution in [0.2, 0.25) is 0 Å². The third-order valence-corrected chi connectivity index (χ3v) is 9.34. The first-order chi connectivity index (χ1) is 14.8. The van der Waals surface area contributed by atoms with Gasteiger partial charge in [0, 0.05) is 10.6 Å². The summed E-state index contributed by atoms with van der Waals surface area (Å²) in [6, 6.07) is 8.57. The molecule has 2 aromatic rings. The lowest BCUT2D eigenvalue weighted by atomic mass is 9.98. The molecule has 3 nitrogen and oxygen atoms in total. The van der Waals surface area contributed by atoms with E-state index in [1.54, 1.807) is 0 Å². The van der Waals surface area contributed by atoms with Crippen molar-refractivity contribution >= 4 is 23.3 Å². The van der Waals surface area contributed by atoms with Gasteiger partial charge in [-0.05, 0) is 61.1 Å². The summed E-state index contributed by atoms with van der Waals surface area (Å²) >= 11 is 0. The number of alkyl halides is 3. The number of unbranched alkanes of at least 4 members (excludes halogenated alkanes) is 2. The van der Waals surface area contributed by atoms with Crippen molar-refractivity contribution in [1.29, 1.82) is 0 Å². The summed E-state index contributed by atoms with van der Waals surface area (Å²) in [7, 11) is -3.35. The van der Waals surface area contributed by atoms with Crippen molar-refractivity contribution in [1.82, 2.24) is 0 Å². The molecule has 0 aliphatic carbocycles. The van der Waals surface area contributed by atoms with Crippen LogP contribution >= 0.6 is 7.14 Å². The molecule has 1 atom stereocenters. The smallest absolute Gasteiger partial charge is 0.416 e. The van der Waals surface area contributed by atoms with Crippen LogP contribution in [-0.2, 0) is 10.7 Å². The molecule has 4 rings (SSSR count). The SMILES string of the molecule is CCCCC1=C(CCCC)P(=O)(c2ccc(C(F)(F)F)cc2)c2c1ccc1c2OCO1. The molecular formula is C24H26F3O3P. The van der Waals surface area contributed by atoms with Gasteiger partial charge in [-0.25, -0.2) is 0 Å². The Bertz CT molecular complexity index is 1050. The van der Waals surface area contributed by atoms with E-state index in [2.05, 4.69) is 13.8 Å². The van der Waals surface area contributed by atoms with Gasteiger partial charge in [0.15, 0.2) is 18.6 Å². The van der Waals surface area contributed by atoms with Crippen molar-refractivity contribution in [2.45, 2.75) is 58.5 Å². The van der Waals surface area contributed by atoms with Crippen LogP contribution in [0.1, 0.15) is 63.5 Å². The highest BCUT2D eigenvalue weighted by Crippen LogP contribution is 2.65. The van der Waals surface area contributed by atoms with E-state index in [1.807, 2.05) is 12.1 Å². The predicted octanol–water partition coefficient (Wildman–Crippen LogP) is 6.85. The fourth-order valence-electron chi connectivity index (χ4n) is 4.42. The maximum absolute atomic E-state index is 14.9. The van der Waals surface area contributed by atoms with E-state index in [1.165, 1.54) is 12.1 Å². The summed E-state index contributed by atoms with van der Waals surface area (Å²) in [5.41, 5.74) is 1.21. The predicted molar refractivity (Wildman–Crippen MR) is 117 cm³/mol. The molecule has 0 fully saturated rings. The van der Waals surface area contributed by atoms with E-state index in [-0.39, 0.29) is 6.79 Å². The minimum absolute atomic E-state index is 0.0490. The Labute approximate surface area is 180 Å². The van der Waals surface area contributed by atoms with E-state index in [0.717, 1.165) is 60.7 Å². The number of ether oxygens (including phenoxy) is 2. The third-order valence-electron chi connectivity index (χ3n) is 5.99. The maximum Gasteiger partial charge on any atom is 0.416 e. The van der Waals surface area contributed by atoms with Crippen molar-refractivity contribution in [3.05, 3.63) is 52.8 Å². The monoisotopic (exact) mass is 450 g/mol. The van der Waals surface area contributed by atoms with Crippen LogP contribution in [0.15, 0.2) is 41.7 Å². The Morgan fingerprint density at radius 2 is 1.61 bits per heavy atom. The second-order valence-corrected chi connectivity index (χ2v) is 10.7. The summed E-state index contributed by atoms with van der Waals surface area (Å²) in [5.74, 6) is 1.01. The molecule has 2 aromatic carbocycles. The molecule has 2 aliphatic rings. The molecule has 166 valence electrons. The van der Waals surface area contributed by atoms with Gasteiger partial charge in [0.2, 0.25) is 6.79 Å². The molecular weight excluding hydrogens is 424 g/mol. The molecule has 1 unspecified atom stereocenters. The quantitative estimate of drug-likeness (QED) is 0.433. The van der Waals surface area contributed by atoms with Gasteiger partial charge < -0.3 is 14.0 Å². The molecule has 0 aromatic heterocycles. The lowest BCUT2D eigenvalue weighted by molar-refractivity contribution is -0.137. The van der Waals surface area contributed by atoms with Crippen LogP contribution in [0.5, 0.6) is 11.5 Å². The Kier molecular flexibility index (Phi) is 5.95. The van der Waals surface area contributed by atoms with Crippen molar-refractivity contribution in [3.63, 3.8) is 0 Å². The van der Waals surface area contributed by atoms with Gasteiger partial charge >= 0.3 is 6.18 Å². The number of allylic oxidation sites excluding steroid dienone is 2. The molecule has 31 heavy (non-hydrogen) atoms. The lowest BCUT2D eigenvalue weighted by Gasteiger charge is -2.21. The normalized spacial score (nSPS) is 19.8. The summed E-state index contributed by atoms with van der Waals surface area (Å²) in [6.07, 6.45) is 0.743. The average molecular weight is 450 g/mol. The van der Waals surface area contributed by atoms with Crippen molar-refractivity contribution < 1.29 is 27.2 Å². The second kappa shape index (κ2) is 8.38. The molecule has 0 saturated heterocycles. The highest BCUT2D eigenvalue weighted by atomic mass is 31.2. The standard InChI is InChI=1S/C24H26F3O3P/c1-3-5-7-18-19-13-14-20-22(30-15-29-20)23(19)31(28,21(18)8-6-4-2)17-11-9-16(10-12-17)24(25,26)27/h9-14H,3-8,15H2,1-2H3. The molecule has 0 N–H and O–H groups in total. The van der Waals surface area contributed by atoms with Crippen LogP contribution in [0.25, 0.3) is 5.57 Å². The third kappa shape index (κ3) is 3.69. The summed E-state index contributed by atoms with van der Waals surface area (Å²) < 4.78 is 65.6. The minimum Gasteiger partial charge on any atom is -0.454 e. The first-order valence-electron chi connectivity index (χ1n) is 10.8. The molecule has 0 saturated carbocycles. The van der Waals surface area contributed by atoms with Gasteiger partial charge in [-0.2, -0.15) is 13.2 Å². The minimum atomic E-state index is -4.44. The fourth-order valence-corrected chi connectivity index (χ4v) is 7.93. The van der Waals surface area contributed by atoms with E-state index in [4.69, 9.17) is 9.47 Å².